The van der Waals surface area contributed by atoms with E-state index in [2.05, 4.69) is 24.6 Å². The third-order valence-corrected chi connectivity index (χ3v) is 4.08. The molecule has 1 aromatic rings. The molecule has 0 bridgehead atoms. The highest BCUT2D eigenvalue weighted by atomic mass is 32.2. The number of hydrogen-bond acceptors (Lipinski definition) is 3. The third kappa shape index (κ3) is 6.35. The summed E-state index contributed by atoms with van der Waals surface area (Å²) in [6.45, 7) is 5.13. The summed E-state index contributed by atoms with van der Waals surface area (Å²) in [6, 6.07) is 6.11. The molecule has 0 fully saturated rings. The molecule has 0 aliphatic rings. The van der Waals surface area contributed by atoms with E-state index in [9.17, 15) is 5.11 Å². The predicted octanol–water partition coefficient (Wildman–Crippen LogP) is 4.27. The highest BCUT2D eigenvalue weighted by Gasteiger charge is 2.09. The second-order valence-electron chi connectivity index (χ2n) is 5.15. The van der Waals surface area contributed by atoms with Crippen LogP contribution in [-0.4, -0.2) is 23.7 Å². The van der Waals surface area contributed by atoms with Gasteiger partial charge in [-0.3, -0.25) is 0 Å². The van der Waals surface area contributed by atoms with Crippen molar-refractivity contribution in [2.75, 3.05) is 18.6 Å². The van der Waals surface area contributed by atoms with Crippen LogP contribution in [0.25, 0.3) is 0 Å². The molecule has 1 unspecified atom stereocenters. The van der Waals surface area contributed by atoms with Gasteiger partial charge in [-0.15, -0.1) is 0 Å². The number of aromatic hydroxyl groups is 1. The van der Waals surface area contributed by atoms with Gasteiger partial charge in [-0.1, -0.05) is 25.0 Å². The zero-order chi connectivity index (χ0) is 14.1. The predicted molar refractivity (Wildman–Crippen MR) is 86.1 cm³/mol. The Bertz CT molecular complexity index is 368. The summed E-state index contributed by atoms with van der Waals surface area (Å²) in [7, 11) is 0. The Labute approximate surface area is 122 Å². The average molecular weight is 281 g/mol. The molecule has 0 saturated heterocycles. The molecule has 0 aromatic heterocycles. The van der Waals surface area contributed by atoms with Gasteiger partial charge in [-0.05, 0) is 56.9 Å². The van der Waals surface area contributed by atoms with Crippen molar-refractivity contribution in [2.45, 2.75) is 45.6 Å². The van der Waals surface area contributed by atoms with Crippen molar-refractivity contribution < 1.29 is 5.11 Å². The van der Waals surface area contributed by atoms with E-state index in [0.717, 1.165) is 17.7 Å². The van der Waals surface area contributed by atoms with E-state index < -0.39 is 0 Å². The lowest BCUT2D eigenvalue weighted by Crippen LogP contribution is -2.19. The molecule has 0 aliphatic heterocycles. The molecular formula is C16H27NOS. The van der Waals surface area contributed by atoms with Crippen molar-refractivity contribution in [3.63, 3.8) is 0 Å². The molecule has 0 spiro atoms. The van der Waals surface area contributed by atoms with Crippen LogP contribution in [0, 0.1) is 6.92 Å². The summed E-state index contributed by atoms with van der Waals surface area (Å²) in [5.74, 6) is 1.68. The molecule has 2 nitrogen and oxygen atoms in total. The van der Waals surface area contributed by atoms with Crippen LogP contribution in [0.5, 0.6) is 5.75 Å². The Hall–Kier alpha value is -0.670. The molecular weight excluding hydrogens is 254 g/mol. The average Bonchev–Trinajstić information content (AvgIpc) is 2.37. The fourth-order valence-corrected chi connectivity index (χ4v) is 2.67. The van der Waals surface area contributed by atoms with E-state index in [0.29, 0.717) is 5.75 Å². The summed E-state index contributed by atoms with van der Waals surface area (Å²) in [5.41, 5.74) is 2.09. The topological polar surface area (TPSA) is 32.3 Å². The second kappa shape index (κ2) is 9.27. The lowest BCUT2D eigenvalue weighted by molar-refractivity contribution is 0.450. The van der Waals surface area contributed by atoms with Gasteiger partial charge in [0.2, 0.25) is 0 Å². The standard InChI is InChI=1S/C16H27NOS/c1-13-8-9-15(16(18)12-13)14(2)17-10-6-4-5-7-11-19-3/h8-9,12,14,17-18H,4-7,10-11H2,1-3H3. The maximum atomic E-state index is 9.92. The van der Waals surface area contributed by atoms with Crippen molar-refractivity contribution in [3.8, 4) is 5.75 Å². The number of thioether (sulfide) groups is 1. The number of hydrogen-bond donors (Lipinski definition) is 2. The Balaban J connectivity index is 2.22. The second-order valence-corrected chi connectivity index (χ2v) is 6.13. The minimum atomic E-state index is 0.215. The van der Waals surface area contributed by atoms with Crippen LogP contribution in [0.3, 0.4) is 0 Å². The first kappa shape index (κ1) is 16.4. The monoisotopic (exact) mass is 281 g/mol. The summed E-state index contributed by atoms with van der Waals surface area (Å²) in [5, 5.41) is 13.4. The Morgan fingerprint density at radius 2 is 1.95 bits per heavy atom. The van der Waals surface area contributed by atoms with Crippen LogP contribution in [0.4, 0.5) is 0 Å². The largest absolute Gasteiger partial charge is 0.508 e. The quantitative estimate of drug-likeness (QED) is 0.663. The highest BCUT2D eigenvalue weighted by Crippen LogP contribution is 2.24. The number of benzene rings is 1. The van der Waals surface area contributed by atoms with E-state index in [1.807, 2.05) is 30.8 Å². The molecule has 0 saturated carbocycles. The Kier molecular flexibility index (Phi) is 7.99. The molecule has 19 heavy (non-hydrogen) atoms. The molecule has 1 atom stereocenters. The van der Waals surface area contributed by atoms with E-state index in [1.54, 1.807) is 0 Å². The normalized spacial score (nSPS) is 12.6. The fourth-order valence-electron chi connectivity index (χ4n) is 2.17. The zero-order valence-corrected chi connectivity index (χ0v) is 13.2. The number of unbranched alkanes of at least 4 members (excludes halogenated alkanes) is 3. The van der Waals surface area contributed by atoms with Crippen LogP contribution in [0.2, 0.25) is 0 Å². The lowest BCUT2D eigenvalue weighted by Gasteiger charge is -2.16. The molecule has 108 valence electrons. The van der Waals surface area contributed by atoms with Crippen LogP contribution < -0.4 is 5.32 Å². The minimum absolute atomic E-state index is 0.215. The Morgan fingerprint density at radius 3 is 2.63 bits per heavy atom. The van der Waals surface area contributed by atoms with Gasteiger partial charge >= 0.3 is 0 Å². The van der Waals surface area contributed by atoms with Gasteiger partial charge in [0.05, 0.1) is 0 Å². The minimum Gasteiger partial charge on any atom is -0.508 e. The van der Waals surface area contributed by atoms with E-state index in [4.69, 9.17) is 0 Å². The molecule has 0 radical (unpaired) electrons. The van der Waals surface area contributed by atoms with Crippen LogP contribution in [0.15, 0.2) is 18.2 Å². The first-order chi connectivity index (χ1) is 9.15. The maximum Gasteiger partial charge on any atom is 0.120 e. The summed E-state index contributed by atoms with van der Waals surface area (Å²) >= 11 is 1.93. The van der Waals surface area contributed by atoms with Crippen LogP contribution in [-0.2, 0) is 0 Å². The number of phenolic OH excluding ortho intramolecular Hbond substituents is 1. The van der Waals surface area contributed by atoms with Crippen molar-refractivity contribution >= 4 is 11.8 Å². The Morgan fingerprint density at radius 1 is 1.21 bits per heavy atom. The lowest BCUT2D eigenvalue weighted by atomic mass is 10.0. The zero-order valence-electron chi connectivity index (χ0n) is 12.4. The van der Waals surface area contributed by atoms with E-state index >= 15 is 0 Å². The molecule has 0 amide bonds. The third-order valence-electron chi connectivity index (χ3n) is 3.38. The maximum absolute atomic E-state index is 9.92. The van der Waals surface area contributed by atoms with Gasteiger partial charge in [-0.2, -0.15) is 11.8 Å². The van der Waals surface area contributed by atoms with Crippen molar-refractivity contribution in [2.24, 2.45) is 0 Å². The van der Waals surface area contributed by atoms with Crippen molar-refractivity contribution in [1.82, 2.24) is 5.32 Å². The SMILES string of the molecule is CSCCCCCCNC(C)c1ccc(C)cc1O. The molecule has 0 aliphatic carbocycles. The molecule has 1 rings (SSSR count). The first-order valence-electron chi connectivity index (χ1n) is 7.17. The van der Waals surface area contributed by atoms with Crippen molar-refractivity contribution in [3.05, 3.63) is 29.3 Å². The first-order valence-corrected chi connectivity index (χ1v) is 8.56. The van der Waals surface area contributed by atoms with E-state index in [1.165, 1.54) is 31.4 Å². The van der Waals surface area contributed by atoms with Gasteiger partial charge < -0.3 is 10.4 Å². The molecule has 1 aromatic carbocycles. The number of aryl methyl sites for hydroxylation is 1. The summed E-state index contributed by atoms with van der Waals surface area (Å²) in [6.07, 6.45) is 7.32. The molecule has 2 N–H and O–H groups in total. The highest BCUT2D eigenvalue weighted by molar-refractivity contribution is 7.98. The number of nitrogens with one attached hydrogen (secondary N) is 1. The summed E-state index contributed by atoms with van der Waals surface area (Å²) in [4.78, 5) is 0. The van der Waals surface area contributed by atoms with Gasteiger partial charge in [0.15, 0.2) is 0 Å². The fraction of sp³-hybridized carbons (Fsp3) is 0.625. The van der Waals surface area contributed by atoms with Crippen LogP contribution >= 0.6 is 11.8 Å². The number of rotatable bonds is 9. The van der Waals surface area contributed by atoms with Gasteiger partial charge in [0.25, 0.3) is 0 Å². The van der Waals surface area contributed by atoms with Gasteiger partial charge in [0, 0.05) is 11.6 Å². The van der Waals surface area contributed by atoms with Crippen molar-refractivity contribution in [1.29, 1.82) is 0 Å². The molecule has 3 heteroatoms. The van der Waals surface area contributed by atoms with Gasteiger partial charge in [-0.25, -0.2) is 0 Å². The van der Waals surface area contributed by atoms with E-state index in [-0.39, 0.29) is 6.04 Å². The smallest absolute Gasteiger partial charge is 0.120 e. The molecule has 0 heterocycles. The van der Waals surface area contributed by atoms with Crippen LogP contribution in [0.1, 0.15) is 49.8 Å². The van der Waals surface area contributed by atoms with Gasteiger partial charge in [0.1, 0.15) is 5.75 Å². The number of phenols is 1. The summed E-state index contributed by atoms with van der Waals surface area (Å²) < 4.78 is 0.